The molecule has 37 heavy (non-hydrogen) atoms. The molecule has 6 amide bonds. The average Bonchev–Trinajstić information content (AvgIpc) is 3.35. The Bertz CT molecular complexity index is 817. The number of ether oxygens (including phenoxy) is 2. The molecule has 2 aliphatic rings. The normalized spacial score (nSPS) is 15.2. The van der Waals surface area contributed by atoms with Crippen molar-refractivity contribution in [2.45, 2.75) is 44.9 Å². The van der Waals surface area contributed by atoms with Crippen molar-refractivity contribution in [2.75, 3.05) is 39.5 Å². The number of amides is 6. The van der Waals surface area contributed by atoms with Gasteiger partial charge in [-0.25, -0.2) is 9.59 Å². The van der Waals surface area contributed by atoms with Crippen LogP contribution in [0.25, 0.3) is 0 Å². The number of rotatable bonds is 16. The molecular weight excluding hydrogens is 500 g/mol. The summed E-state index contributed by atoms with van der Waals surface area (Å²) in [5.41, 5.74) is 0. The minimum Gasteiger partial charge on any atom is -0.381 e. The zero-order valence-corrected chi connectivity index (χ0v) is 20.0. The molecule has 0 spiro atoms. The summed E-state index contributed by atoms with van der Waals surface area (Å²) in [6, 6.07) is 0. The quantitative estimate of drug-likeness (QED) is 0.159. The molecule has 0 atom stereocenters. The highest BCUT2D eigenvalue weighted by Gasteiger charge is 2.33. The lowest BCUT2D eigenvalue weighted by Crippen LogP contribution is -2.37. The fraction of sp³-hybridized carbons (Fsp3) is 0.619. The second-order valence-electron chi connectivity index (χ2n) is 7.72. The van der Waals surface area contributed by atoms with Crippen LogP contribution < -0.4 is 10.6 Å². The molecule has 0 saturated carbocycles. The third-order valence-electron chi connectivity index (χ3n) is 4.78. The summed E-state index contributed by atoms with van der Waals surface area (Å²) in [5.74, 6) is -5.31. The van der Waals surface area contributed by atoms with E-state index < -0.39 is 60.5 Å². The largest absolute Gasteiger partial charge is 0.381 e. The van der Waals surface area contributed by atoms with E-state index in [1.54, 1.807) is 0 Å². The first-order valence-corrected chi connectivity index (χ1v) is 11.5. The van der Waals surface area contributed by atoms with Crippen molar-refractivity contribution >= 4 is 47.4 Å². The van der Waals surface area contributed by atoms with E-state index in [1.807, 2.05) is 0 Å². The minimum atomic E-state index is -0.946. The highest BCUT2D eigenvalue weighted by molar-refractivity contribution is 6.02. The number of carbonyl (C=O) groups is 8. The van der Waals surface area contributed by atoms with Gasteiger partial charge in [0.2, 0.25) is 11.8 Å². The van der Waals surface area contributed by atoms with E-state index in [4.69, 9.17) is 9.47 Å². The SMILES string of the molecule is O=C(CCOCCCOCCC(=O)NCC(=O)ON1C(=O)CCC1=O)NCC(=O)ON1C(=O)CCC1=O. The fourth-order valence-corrected chi connectivity index (χ4v) is 2.90. The Balaban J connectivity index is 1.39. The van der Waals surface area contributed by atoms with E-state index in [2.05, 4.69) is 20.3 Å². The number of hydrogen-bond acceptors (Lipinski definition) is 12. The summed E-state index contributed by atoms with van der Waals surface area (Å²) in [5, 5.41) is 5.37. The molecular formula is C21H28N4O12. The van der Waals surface area contributed by atoms with Crippen molar-refractivity contribution in [3.63, 3.8) is 0 Å². The Labute approximate surface area is 210 Å². The maximum Gasteiger partial charge on any atom is 0.352 e. The molecule has 2 N–H and O–H groups in total. The van der Waals surface area contributed by atoms with Crippen molar-refractivity contribution in [2.24, 2.45) is 0 Å². The Hall–Kier alpha value is -3.92. The van der Waals surface area contributed by atoms with Gasteiger partial charge < -0.3 is 29.8 Å². The van der Waals surface area contributed by atoms with E-state index in [0.29, 0.717) is 16.5 Å². The van der Waals surface area contributed by atoms with Crippen LogP contribution in [0.5, 0.6) is 0 Å². The Morgan fingerprint density at radius 3 is 1.30 bits per heavy atom. The first-order chi connectivity index (χ1) is 17.7. The molecule has 0 aliphatic carbocycles. The van der Waals surface area contributed by atoms with Gasteiger partial charge in [0.05, 0.1) is 13.2 Å². The number of hydroxylamine groups is 4. The summed E-state index contributed by atoms with van der Waals surface area (Å²) in [7, 11) is 0. The molecule has 0 aromatic carbocycles. The van der Waals surface area contributed by atoms with E-state index in [0.717, 1.165) is 0 Å². The van der Waals surface area contributed by atoms with Crippen LogP contribution in [0.3, 0.4) is 0 Å². The molecule has 16 nitrogen and oxygen atoms in total. The first kappa shape index (κ1) is 29.3. The predicted octanol–water partition coefficient (Wildman–Crippen LogP) is -2.36. The van der Waals surface area contributed by atoms with Crippen LogP contribution in [0.4, 0.5) is 0 Å². The van der Waals surface area contributed by atoms with E-state index in [-0.39, 0.29) is 65.0 Å². The summed E-state index contributed by atoms with van der Waals surface area (Å²) in [4.78, 5) is 101. The van der Waals surface area contributed by atoms with Crippen molar-refractivity contribution in [1.82, 2.24) is 20.8 Å². The van der Waals surface area contributed by atoms with E-state index in [1.165, 1.54) is 0 Å². The van der Waals surface area contributed by atoms with Crippen LogP contribution in [-0.4, -0.2) is 97.0 Å². The maximum atomic E-state index is 11.7. The van der Waals surface area contributed by atoms with Gasteiger partial charge in [-0.2, -0.15) is 0 Å². The van der Waals surface area contributed by atoms with Gasteiger partial charge in [0, 0.05) is 51.7 Å². The van der Waals surface area contributed by atoms with Crippen molar-refractivity contribution in [3.05, 3.63) is 0 Å². The molecule has 2 rings (SSSR count). The van der Waals surface area contributed by atoms with Crippen molar-refractivity contribution < 1.29 is 57.5 Å². The lowest BCUT2D eigenvalue weighted by atomic mass is 10.4. The fourth-order valence-electron chi connectivity index (χ4n) is 2.90. The van der Waals surface area contributed by atoms with Crippen LogP contribution in [0.1, 0.15) is 44.9 Å². The summed E-state index contributed by atoms with van der Waals surface area (Å²) in [6.45, 7) is -0.290. The Kier molecular flexibility index (Phi) is 12.1. The standard InChI is InChI=1S/C21H28N4O12/c26-14(22-12-20(32)36-24-16(28)2-3-17(24)29)6-10-34-8-1-9-35-11-7-15(27)23-13-21(33)37-25-18(30)4-5-19(25)31/h1-13H2,(H,22,26)(H,23,27). The molecule has 0 unspecified atom stereocenters. The van der Waals surface area contributed by atoms with Gasteiger partial charge in [-0.05, 0) is 6.42 Å². The van der Waals surface area contributed by atoms with Gasteiger partial charge in [-0.1, -0.05) is 0 Å². The molecule has 204 valence electrons. The predicted molar refractivity (Wildman–Crippen MR) is 116 cm³/mol. The van der Waals surface area contributed by atoms with E-state index in [9.17, 15) is 38.4 Å². The van der Waals surface area contributed by atoms with Crippen LogP contribution >= 0.6 is 0 Å². The number of carbonyl (C=O) groups excluding carboxylic acids is 8. The second kappa shape index (κ2) is 15.2. The molecule has 16 heteroatoms. The molecule has 0 radical (unpaired) electrons. The van der Waals surface area contributed by atoms with Gasteiger partial charge in [0.25, 0.3) is 23.6 Å². The third kappa shape index (κ3) is 10.7. The van der Waals surface area contributed by atoms with Gasteiger partial charge in [-0.15, -0.1) is 10.1 Å². The van der Waals surface area contributed by atoms with Crippen molar-refractivity contribution in [3.8, 4) is 0 Å². The number of imide groups is 2. The smallest absolute Gasteiger partial charge is 0.352 e. The zero-order valence-electron chi connectivity index (χ0n) is 20.0. The molecule has 0 bridgehead atoms. The molecule has 0 aromatic rings. The zero-order chi connectivity index (χ0) is 27.2. The lowest BCUT2D eigenvalue weighted by Gasteiger charge is -2.13. The second-order valence-corrected chi connectivity index (χ2v) is 7.72. The summed E-state index contributed by atoms with van der Waals surface area (Å²) < 4.78 is 10.5. The lowest BCUT2D eigenvalue weighted by molar-refractivity contribution is -0.196. The van der Waals surface area contributed by atoms with Crippen molar-refractivity contribution in [1.29, 1.82) is 0 Å². The van der Waals surface area contributed by atoms with Gasteiger partial charge in [0.15, 0.2) is 0 Å². The number of nitrogens with zero attached hydrogens (tertiary/aromatic N) is 2. The van der Waals surface area contributed by atoms with Crippen LogP contribution in [0, 0.1) is 0 Å². The molecule has 2 aliphatic heterocycles. The van der Waals surface area contributed by atoms with Crippen LogP contribution in [-0.2, 0) is 57.5 Å². The highest BCUT2D eigenvalue weighted by atomic mass is 16.7. The summed E-state index contributed by atoms with van der Waals surface area (Å²) >= 11 is 0. The first-order valence-electron chi connectivity index (χ1n) is 11.5. The summed E-state index contributed by atoms with van der Waals surface area (Å²) in [6.07, 6.45) is 0.325. The third-order valence-corrected chi connectivity index (χ3v) is 4.78. The number of nitrogens with one attached hydrogen (secondary N) is 2. The average molecular weight is 528 g/mol. The van der Waals surface area contributed by atoms with Crippen LogP contribution in [0.15, 0.2) is 0 Å². The number of hydrogen-bond donors (Lipinski definition) is 2. The maximum absolute atomic E-state index is 11.7. The van der Waals surface area contributed by atoms with E-state index >= 15 is 0 Å². The van der Waals surface area contributed by atoms with Gasteiger partial charge in [-0.3, -0.25) is 28.8 Å². The molecule has 2 saturated heterocycles. The van der Waals surface area contributed by atoms with Gasteiger partial charge in [0.1, 0.15) is 13.1 Å². The molecule has 2 heterocycles. The Morgan fingerprint density at radius 1 is 0.595 bits per heavy atom. The Morgan fingerprint density at radius 2 is 0.946 bits per heavy atom. The molecule has 0 aromatic heterocycles. The molecule has 2 fully saturated rings. The topological polar surface area (TPSA) is 204 Å². The minimum absolute atomic E-state index is 0.0249. The van der Waals surface area contributed by atoms with Gasteiger partial charge >= 0.3 is 11.9 Å². The highest BCUT2D eigenvalue weighted by Crippen LogP contribution is 2.12. The monoisotopic (exact) mass is 528 g/mol. The van der Waals surface area contributed by atoms with Crippen LogP contribution in [0.2, 0.25) is 0 Å².